The summed E-state index contributed by atoms with van der Waals surface area (Å²) in [5, 5.41) is 0. The van der Waals surface area contributed by atoms with Gasteiger partial charge in [0.05, 0.1) is 0 Å². The number of halogens is 1. The third kappa shape index (κ3) is 1.57. The third-order valence-electron chi connectivity index (χ3n) is 3.43. The number of rotatable bonds is 1. The Morgan fingerprint density at radius 2 is 1.64 bits per heavy atom. The highest BCUT2D eigenvalue weighted by Gasteiger charge is 2.36. The van der Waals surface area contributed by atoms with Crippen LogP contribution in [0, 0.1) is 17.8 Å². The van der Waals surface area contributed by atoms with Crippen LogP contribution in [0.3, 0.4) is 0 Å². The molecule has 3 atom stereocenters. The predicted octanol–water partition coefficient (Wildman–Crippen LogP) is 3.17. The Hall–Kier alpha value is -0.0700. The van der Waals surface area contributed by atoms with E-state index in [1.807, 2.05) is 6.92 Å². The van der Waals surface area contributed by atoms with E-state index in [1.54, 1.807) is 0 Å². The standard InChI is InChI=1S/C10H17F/c1-7-2-3-9(6-10(7)11)8-4-5-8/h7-10H,2-6H2,1H3/t7?,9-,10?/m0/s1. The van der Waals surface area contributed by atoms with E-state index >= 15 is 0 Å². The molecule has 64 valence electrons. The van der Waals surface area contributed by atoms with Crippen LogP contribution in [0.15, 0.2) is 0 Å². The quantitative estimate of drug-likeness (QED) is 0.547. The zero-order valence-corrected chi connectivity index (χ0v) is 7.22. The highest BCUT2D eigenvalue weighted by molar-refractivity contribution is 4.87. The van der Waals surface area contributed by atoms with Crippen molar-refractivity contribution < 1.29 is 4.39 Å². The van der Waals surface area contributed by atoms with Gasteiger partial charge < -0.3 is 0 Å². The van der Waals surface area contributed by atoms with E-state index in [4.69, 9.17) is 0 Å². The Balaban J connectivity index is 1.86. The topological polar surface area (TPSA) is 0 Å². The Kier molecular flexibility index (Phi) is 1.90. The summed E-state index contributed by atoms with van der Waals surface area (Å²) in [6.45, 7) is 2.05. The second-order valence-electron chi connectivity index (χ2n) is 4.40. The minimum atomic E-state index is -0.491. The second-order valence-corrected chi connectivity index (χ2v) is 4.40. The van der Waals surface area contributed by atoms with Gasteiger partial charge in [-0.2, -0.15) is 0 Å². The molecule has 2 unspecified atom stereocenters. The summed E-state index contributed by atoms with van der Waals surface area (Å²) in [5.41, 5.74) is 0. The molecule has 2 aliphatic carbocycles. The zero-order chi connectivity index (χ0) is 7.84. The summed E-state index contributed by atoms with van der Waals surface area (Å²) in [5.74, 6) is 2.01. The smallest absolute Gasteiger partial charge is 0.103 e. The molecular weight excluding hydrogens is 139 g/mol. The number of hydrogen-bond donors (Lipinski definition) is 0. The molecule has 0 bridgehead atoms. The molecule has 0 nitrogen and oxygen atoms in total. The molecule has 2 aliphatic rings. The molecule has 1 heteroatoms. The lowest BCUT2D eigenvalue weighted by atomic mass is 9.79. The van der Waals surface area contributed by atoms with Gasteiger partial charge in [-0.3, -0.25) is 0 Å². The molecule has 0 aromatic carbocycles. The molecule has 0 aromatic heterocycles. The van der Waals surface area contributed by atoms with Gasteiger partial charge in [0.2, 0.25) is 0 Å². The maximum atomic E-state index is 13.2. The van der Waals surface area contributed by atoms with Crippen LogP contribution in [0.4, 0.5) is 4.39 Å². The first kappa shape index (κ1) is 7.57. The van der Waals surface area contributed by atoms with E-state index in [1.165, 1.54) is 19.3 Å². The number of alkyl halides is 1. The average Bonchev–Trinajstić information content (AvgIpc) is 2.77. The van der Waals surface area contributed by atoms with Crippen molar-refractivity contribution in [2.24, 2.45) is 17.8 Å². The van der Waals surface area contributed by atoms with Crippen LogP contribution in [0.1, 0.15) is 39.0 Å². The van der Waals surface area contributed by atoms with Crippen LogP contribution in [-0.4, -0.2) is 6.17 Å². The number of hydrogen-bond acceptors (Lipinski definition) is 0. The van der Waals surface area contributed by atoms with Crippen LogP contribution in [0.25, 0.3) is 0 Å². The van der Waals surface area contributed by atoms with Crippen molar-refractivity contribution in [1.82, 2.24) is 0 Å². The Labute approximate surface area is 68.2 Å². The first-order valence-electron chi connectivity index (χ1n) is 4.91. The maximum absolute atomic E-state index is 13.2. The molecule has 2 saturated carbocycles. The highest BCUT2D eigenvalue weighted by Crippen LogP contribution is 2.45. The minimum absolute atomic E-state index is 0.338. The first-order valence-corrected chi connectivity index (χ1v) is 4.91. The third-order valence-corrected chi connectivity index (χ3v) is 3.43. The van der Waals surface area contributed by atoms with E-state index < -0.39 is 6.17 Å². The molecule has 0 aliphatic heterocycles. The van der Waals surface area contributed by atoms with E-state index in [0.29, 0.717) is 5.92 Å². The molecule has 0 saturated heterocycles. The lowest BCUT2D eigenvalue weighted by molar-refractivity contribution is 0.127. The molecule has 0 spiro atoms. The zero-order valence-electron chi connectivity index (χ0n) is 7.22. The lowest BCUT2D eigenvalue weighted by Crippen LogP contribution is -2.25. The van der Waals surface area contributed by atoms with Gasteiger partial charge in [0, 0.05) is 0 Å². The molecule has 2 rings (SSSR count). The van der Waals surface area contributed by atoms with Gasteiger partial charge in [-0.05, 0) is 49.9 Å². The van der Waals surface area contributed by atoms with Crippen molar-refractivity contribution in [3.63, 3.8) is 0 Å². The summed E-state index contributed by atoms with van der Waals surface area (Å²) in [6, 6.07) is 0. The van der Waals surface area contributed by atoms with Crippen molar-refractivity contribution in [1.29, 1.82) is 0 Å². The summed E-state index contributed by atoms with van der Waals surface area (Å²) < 4.78 is 13.2. The van der Waals surface area contributed by atoms with E-state index in [2.05, 4.69) is 0 Å². The normalized spacial score (nSPS) is 45.8. The SMILES string of the molecule is CC1CC[C@H](C2CC2)CC1F. The van der Waals surface area contributed by atoms with Crippen LogP contribution in [0.5, 0.6) is 0 Å². The van der Waals surface area contributed by atoms with E-state index in [9.17, 15) is 4.39 Å². The van der Waals surface area contributed by atoms with Crippen LogP contribution >= 0.6 is 0 Å². The summed E-state index contributed by atoms with van der Waals surface area (Å²) in [6.07, 6.45) is 5.56. The van der Waals surface area contributed by atoms with Crippen LogP contribution in [-0.2, 0) is 0 Å². The fraction of sp³-hybridized carbons (Fsp3) is 1.00. The molecule has 0 heterocycles. The molecule has 11 heavy (non-hydrogen) atoms. The molecule has 0 aromatic rings. The maximum Gasteiger partial charge on any atom is 0.103 e. The van der Waals surface area contributed by atoms with Crippen molar-refractivity contribution in [3.05, 3.63) is 0 Å². The first-order chi connectivity index (χ1) is 5.27. The second kappa shape index (κ2) is 2.76. The average molecular weight is 156 g/mol. The van der Waals surface area contributed by atoms with E-state index in [0.717, 1.165) is 24.7 Å². The van der Waals surface area contributed by atoms with Crippen LogP contribution in [0.2, 0.25) is 0 Å². The van der Waals surface area contributed by atoms with Gasteiger partial charge in [0.1, 0.15) is 6.17 Å². The molecule has 0 amide bonds. The van der Waals surface area contributed by atoms with Crippen molar-refractivity contribution >= 4 is 0 Å². The van der Waals surface area contributed by atoms with Crippen molar-refractivity contribution in [2.45, 2.75) is 45.2 Å². The molecule has 2 fully saturated rings. The van der Waals surface area contributed by atoms with Gasteiger partial charge >= 0.3 is 0 Å². The fourth-order valence-electron chi connectivity index (χ4n) is 2.29. The van der Waals surface area contributed by atoms with E-state index in [-0.39, 0.29) is 0 Å². The Bertz CT molecular complexity index is 140. The van der Waals surface area contributed by atoms with Gasteiger partial charge in [0.25, 0.3) is 0 Å². The fourth-order valence-corrected chi connectivity index (χ4v) is 2.29. The summed E-state index contributed by atoms with van der Waals surface area (Å²) >= 11 is 0. The van der Waals surface area contributed by atoms with Gasteiger partial charge in [-0.1, -0.05) is 6.92 Å². The summed E-state index contributed by atoms with van der Waals surface area (Å²) in [4.78, 5) is 0. The monoisotopic (exact) mass is 156 g/mol. The molecular formula is C10H17F. The largest absolute Gasteiger partial charge is 0.247 e. The van der Waals surface area contributed by atoms with Crippen molar-refractivity contribution in [3.8, 4) is 0 Å². The molecule has 0 radical (unpaired) electrons. The van der Waals surface area contributed by atoms with Gasteiger partial charge in [-0.15, -0.1) is 0 Å². The van der Waals surface area contributed by atoms with Gasteiger partial charge in [0.15, 0.2) is 0 Å². The molecule has 0 N–H and O–H groups in total. The lowest BCUT2D eigenvalue weighted by Gasteiger charge is -2.29. The highest BCUT2D eigenvalue weighted by atomic mass is 19.1. The predicted molar refractivity (Wildman–Crippen MR) is 44.1 cm³/mol. The Morgan fingerprint density at radius 1 is 1.00 bits per heavy atom. The van der Waals surface area contributed by atoms with Crippen LogP contribution < -0.4 is 0 Å². The van der Waals surface area contributed by atoms with Gasteiger partial charge in [-0.25, -0.2) is 4.39 Å². The van der Waals surface area contributed by atoms with Crippen molar-refractivity contribution in [2.75, 3.05) is 0 Å². The minimum Gasteiger partial charge on any atom is -0.247 e. The Morgan fingerprint density at radius 3 is 2.18 bits per heavy atom. The summed E-state index contributed by atoms with van der Waals surface area (Å²) in [7, 11) is 0.